The molecule has 6 aromatic carbocycles. The van der Waals surface area contributed by atoms with Gasteiger partial charge in [0.05, 0.1) is 25.0 Å². The Morgan fingerprint density at radius 1 is 0.558 bits per heavy atom. The number of hydrogen-bond acceptors (Lipinski definition) is 6. The number of rotatable bonds is 12. The van der Waals surface area contributed by atoms with Crippen LogP contribution in [-0.2, 0) is 25.3 Å². The smallest absolute Gasteiger partial charge is 0.206 e. The first-order valence-corrected chi connectivity index (χ1v) is 20.3. The maximum absolute atomic E-state index is 13.1. The molecule has 0 amide bonds. The maximum atomic E-state index is 13.1. The Balaban J connectivity index is 1.09. The van der Waals surface area contributed by atoms with Crippen molar-refractivity contribution in [1.29, 1.82) is 0 Å². The van der Waals surface area contributed by atoms with E-state index < -0.39 is 25.3 Å². The fourth-order valence-electron chi connectivity index (χ4n) is 5.63. The first-order valence-electron chi connectivity index (χ1n) is 16.6. The molecule has 0 N–H and O–H groups in total. The predicted octanol–water partition coefficient (Wildman–Crippen LogP) is 11.5. The lowest BCUT2D eigenvalue weighted by molar-refractivity contribution is 0.0825. The van der Waals surface area contributed by atoms with Gasteiger partial charge in [0, 0.05) is 5.02 Å². The molecule has 0 spiro atoms. The van der Waals surface area contributed by atoms with Gasteiger partial charge in [0.2, 0.25) is 19.7 Å². The van der Waals surface area contributed by atoms with Gasteiger partial charge in [0.15, 0.2) is 0 Å². The molecule has 0 saturated carbocycles. The van der Waals surface area contributed by atoms with E-state index in [0.29, 0.717) is 28.7 Å². The first-order chi connectivity index (χ1) is 24.8. The molecule has 6 aromatic rings. The van der Waals surface area contributed by atoms with Crippen LogP contribution < -0.4 is 9.47 Å². The molecule has 0 fully saturated rings. The average Bonchev–Trinajstić information content (AvgIpc) is 3.16. The minimum absolute atomic E-state index is 0.173. The summed E-state index contributed by atoms with van der Waals surface area (Å²) in [6.07, 6.45) is 0.653. The van der Waals surface area contributed by atoms with Gasteiger partial charge in [0.1, 0.15) is 22.8 Å². The maximum Gasteiger partial charge on any atom is 0.206 e. The van der Waals surface area contributed by atoms with Crippen LogP contribution in [0.2, 0.25) is 5.02 Å². The summed E-state index contributed by atoms with van der Waals surface area (Å²) in [6, 6.07) is 41.2. The van der Waals surface area contributed by atoms with Gasteiger partial charge in [-0.15, -0.1) is 11.6 Å². The molecule has 2 atom stereocenters. The summed E-state index contributed by atoms with van der Waals surface area (Å²) in [5.41, 5.74) is 2.97. The third-order valence-electron chi connectivity index (χ3n) is 8.98. The largest absolute Gasteiger partial charge is 0.483 e. The standard InChI is InChI=1S/C42H36Cl2O6S2/c1-4-42(3,33-11-23-39(24-12-33)52(47,48)40-25-13-34(44)14-26-40)50-37-17-7-32(8-18-37)31-5-15-35(16-6-31)49-36-19-27-41(28-20-36)51(45,46)38-21-9-30(10-22-38)29(2)43/h5-29H,4H2,1-3H3. The highest BCUT2D eigenvalue weighted by Gasteiger charge is 2.28. The highest BCUT2D eigenvalue weighted by molar-refractivity contribution is 7.91. The molecular weight excluding hydrogens is 735 g/mol. The third kappa shape index (κ3) is 8.06. The second-order valence-corrected chi connectivity index (χ2v) is 17.5. The lowest BCUT2D eigenvalue weighted by Crippen LogP contribution is -2.28. The summed E-state index contributed by atoms with van der Waals surface area (Å²) in [7, 11) is -7.37. The Hall–Kier alpha value is -4.60. The number of halogens is 2. The first kappa shape index (κ1) is 37.2. The van der Waals surface area contributed by atoms with Gasteiger partial charge >= 0.3 is 0 Å². The second kappa shape index (κ2) is 15.2. The fourth-order valence-corrected chi connectivity index (χ4v) is 8.43. The number of ether oxygens (including phenoxy) is 2. The summed E-state index contributed by atoms with van der Waals surface area (Å²) in [5, 5.41) is 0.265. The monoisotopic (exact) mass is 770 g/mol. The van der Waals surface area contributed by atoms with Crippen molar-refractivity contribution in [2.45, 2.75) is 57.8 Å². The van der Waals surface area contributed by atoms with Crippen molar-refractivity contribution in [2.75, 3.05) is 0 Å². The molecule has 2 unspecified atom stereocenters. The fraction of sp³-hybridized carbons (Fsp3) is 0.143. The average molecular weight is 772 g/mol. The summed E-state index contributed by atoms with van der Waals surface area (Å²) in [4.78, 5) is 0.754. The zero-order valence-corrected chi connectivity index (χ0v) is 31.8. The van der Waals surface area contributed by atoms with Crippen molar-refractivity contribution in [3.05, 3.63) is 162 Å². The zero-order valence-electron chi connectivity index (χ0n) is 28.7. The lowest BCUT2D eigenvalue weighted by Gasteiger charge is -2.30. The van der Waals surface area contributed by atoms with E-state index in [1.165, 1.54) is 24.3 Å². The Morgan fingerprint density at radius 2 is 0.923 bits per heavy atom. The van der Waals surface area contributed by atoms with Gasteiger partial charge in [0.25, 0.3) is 0 Å². The van der Waals surface area contributed by atoms with Crippen LogP contribution in [0.25, 0.3) is 11.1 Å². The van der Waals surface area contributed by atoms with Gasteiger partial charge in [-0.2, -0.15) is 0 Å². The van der Waals surface area contributed by atoms with Crippen LogP contribution in [0, 0.1) is 0 Å². The lowest BCUT2D eigenvalue weighted by atomic mass is 9.93. The number of sulfone groups is 2. The molecule has 52 heavy (non-hydrogen) atoms. The summed E-state index contributed by atoms with van der Waals surface area (Å²) < 4.78 is 64.9. The zero-order chi connectivity index (χ0) is 37.1. The van der Waals surface area contributed by atoms with Crippen LogP contribution in [0.3, 0.4) is 0 Å². The van der Waals surface area contributed by atoms with E-state index in [1.54, 1.807) is 72.8 Å². The third-order valence-corrected chi connectivity index (χ3v) is 13.1. The molecule has 0 aliphatic carbocycles. The van der Waals surface area contributed by atoms with Crippen molar-refractivity contribution in [3.8, 4) is 28.4 Å². The molecular formula is C42H36Cl2O6S2. The van der Waals surface area contributed by atoms with Crippen LogP contribution in [-0.4, -0.2) is 16.8 Å². The normalized spacial score (nSPS) is 13.6. The van der Waals surface area contributed by atoms with Crippen LogP contribution in [0.1, 0.15) is 43.7 Å². The Kier molecular flexibility index (Phi) is 10.8. The molecule has 6 rings (SSSR count). The molecule has 0 aromatic heterocycles. The number of alkyl halides is 1. The van der Waals surface area contributed by atoms with Crippen molar-refractivity contribution in [1.82, 2.24) is 0 Å². The van der Waals surface area contributed by atoms with Gasteiger partial charge in [-0.1, -0.05) is 67.1 Å². The molecule has 0 bridgehead atoms. The molecule has 0 saturated heterocycles. The van der Waals surface area contributed by atoms with Crippen molar-refractivity contribution < 1.29 is 26.3 Å². The minimum atomic E-state index is -3.68. The molecule has 266 valence electrons. The van der Waals surface area contributed by atoms with Crippen LogP contribution in [0.5, 0.6) is 17.2 Å². The van der Waals surface area contributed by atoms with E-state index in [0.717, 1.165) is 22.3 Å². The summed E-state index contributed by atoms with van der Waals surface area (Å²) in [6.45, 7) is 5.84. The molecule has 0 radical (unpaired) electrons. The Labute approximate surface area is 315 Å². The molecule has 0 aliphatic heterocycles. The number of hydrogen-bond donors (Lipinski definition) is 0. The van der Waals surface area contributed by atoms with Gasteiger partial charge in [-0.25, -0.2) is 16.8 Å². The Morgan fingerprint density at radius 3 is 1.35 bits per heavy atom. The molecule has 0 heterocycles. The van der Waals surface area contributed by atoms with Crippen LogP contribution >= 0.6 is 23.2 Å². The van der Waals surface area contributed by atoms with E-state index in [-0.39, 0.29) is 25.0 Å². The predicted molar refractivity (Wildman–Crippen MR) is 206 cm³/mol. The summed E-state index contributed by atoms with van der Waals surface area (Å²) >= 11 is 12.0. The van der Waals surface area contributed by atoms with E-state index in [2.05, 4.69) is 0 Å². The molecule has 6 nitrogen and oxygen atoms in total. The summed E-state index contributed by atoms with van der Waals surface area (Å²) in [5.74, 6) is 1.80. The van der Waals surface area contributed by atoms with Gasteiger partial charge < -0.3 is 9.47 Å². The Bertz CT molecular complexity index is 2360. The van der Waals surface area contributed by atoms with Crippen LogP contribution in [0.4, 0.5) is 0 Å². The minimum Gasteiger partial charge on any atom is -0.483 e. The van der Waals surface area contributed by atoms with E-state index in [1.807, 2.05) is 69.3 Å². The van der Waals surface area contributed by atoms with E-state index in [9.17, 15) is 16.8 Å². The molecule has 10 heteroatoms. The van der Waals surface area contributed by atoms with Crippen molar-refractivity contribution in [2.24, 2.45) is 0 Å². The second-order valence-electron chi connectivity index (χ2n) is 12.5. The van der Waals surface area contributed by atoms with Gasteiger partial charge in [-0.3, -0.25) is 0 Å². The van der Waals surface area contributed by atoms with E-state index >= 15 is 0 Å². The SMILES string of the molecule is CCC(C)(Oc1ccc(-c2ccc(Oc3ccc(S(=O)(=O)c4ccc(C(C)Cl)cc4)cc3)cc2)cc1)c1ccc(S(=O)(=O)c2ccc(Cl)cc2)cc1. The quantitative estimate of drug-likeness (QED) is 0.115. The highest BCUT2D eigenvalue weighted by atomic mass is 35.5. The molecule has 0 aliphatic rings. The van der Waals surface area contributed by atoms with Gasteiger partial charge in [-0.05, 0) is 140 Å². The van der Waals surface area contributed by atoms with Crippen LogP contribution in [0.15, 0.2) is 165 Å². The topological polar surface area (TPSA) is 86.7 Å². The van der Waals surface area contributed by atoms with Crippen molar-refractivity contribution >= 4 is 42.9 Å². The highest BCUT2D eigenvalue weighted by Crippen LogP contribution is 2.35. The van der Waals surface area contributed by atoms with Crippen molar-refractivity contribution in [3.63, 3.8) is 0 Å². The number of benzene rings is 6. The van der Waals surface area contributed by atoms with E-state index in [4.69, 9.17) is 32.7 Å².